The molecule has 0 aliphatic carbocycles. The van der Waals surface area contributed by atoms with E-state index in [1.54, 1.807) is 12.3 Å². The van der Waals surface area contributed by atoms with Crippen molar-refractivity contribution in [2.24, 2.45) is 0 Å². The molecule has 1 aliphatic rings. The molecule has 1 amide bonds. The first-order valence-corrected chi connectivity index (χ1v) is 6.87. The summed E-state index contributed by atoms with van der Waals surface area (Å²) in [7, 11) is 0. The van der Waals surface area contributed by atoms with Gasteiger partial charge < -0.3 is 9.73 Å². The molecule has 104 valence electrons. The lowest BCUT2D eigenvalue weighted by Crippen LogP contribution is -2.36. The molecule has 0 radical (unpaired) electrons. The van der Waals surface area contributed by atoms with Crippen LogP contribution in [0.4, 0.5) is 0 Å². The van der Waals surface area contributed by atoms with Gasteiger partial charge in [-0.25, -0.2) is 0 Å². The molecule has 2 heterocycles. The molecular formula is C15H22N2O2. The molecule has 4 nitrogen and oxygen atoms in total. The summed E-state index contributed by atoms with van der Waals surface area (Å²) in [5.41, 5.74) is 1.01. The van der Waals surface area contributed by atoms with Gasteiger partial charge in [-0.3, -0.25) is 9.69 Å². The molecule has 1 fully saturated rings. The maximum Gasteiger partial charge on any atom is 0.243 e. The normalized spacial score (nSPS) is 17.2. The van der Waals surface area contributed by atoms with E-state index >= 15 is 0 Å². The molecule has 1 aliphatic heterocycles. The standard InChI is InChI=1S/C15H22N2O2/c1-12(2)10-15(18)16-11-13(14-6-5-9-19-14)17-7-3-4-8-17/h5-6,9-10,13H,3-4,7-8,11H2,1-2H3,(H,16,18). The number of rotatable bonds is 5. The van der Waals surface area contributed by atoms with Crippen LogP contribution >= 0.6 is 0 Å². The Balaban J connectivity index is 1.98. The van der Waals surface area contributed by atoms with Gasteiger partial charge in [0.05, 0.1) is 12.3 Å². The first-order valence-electron chi connectivity index (χ1n) is 6.87. The van der Waals surface area contributed by atoms with Crippen molar-refractivity contribution in [2.45, 2.75) is 32.7 Å². The molecule has 1 saturated heterocycles. The fraction of sp³-hybridized carbons (Fsp3) is 0.533. The van der Waals surface area contributed by atoms with Crippen LogP contribution in [0.15, 0.2) is 34.5 Å². The molecule has 0 spiro atoms. The molecule has 1 aromatic rings. The quantitative estimate of drug-likeness (QED) is 0.829. The molecule has 1 atom stereocenters. The molecular weight excluding hydrogens is 240 g/mol. The van der Waals surface area contributed by atoms with E-state index in [4.69, 9.17) is 4.42 Å². The summed E-state index contributed by atoms with van der Waals surface area (Å²) >= 11 is 0. The highest BCUT2D eigenvalue weighted by Gasteiger charge is 2.25. The minimum atomic E-state index is -0.0317. The van der Waals surface area contributed by atoms with Gasteiger partial charge >= 0.3 is 0 Å². The molecule has 1 unspecified atom stereocenters. The highest BCUT2D eigenvalue weighted by molar-refractivity contribution is 5.88. The van der Waals surface area contributed by atoms with Crippen LogP contribution in [-0.4, -0.2) is 30.4 Å². The van der Waals surface area contributed by atoms with Gasteiger partial charge in [0.1, 0.15) is 5.76 Å². The van der Waals surface area contributed by atoms with E-state index in [0.29, 0.717) is 6.54 Å². The summed E-state index contributed by atoms with van der Waals surface area (Å²) in [5.74, 6) is 0.898. The van der Waals surface area contributed by atoms with Crippen LogP contribution in [0.3, 0.4) is 0 Å². The Hall–Kier alpha value is -1.55. The minimum Gasteiger partial charge on any atom is -0.468 e. The van der Waals surface area contributed by atoms with Gasteiger partial charge in [-0.15, -0.1) is 0 Å². The van der Waals surface area contributed by atoms with Crippen molar-refractivity contribution in [3.63, 3.8) is 0 Å². The number of amides is 1. The van der Waals surface area contributed by atoms with Crippen LogP contribution in [0.1, 0.15) is 38.5 Å². The molecule has 2 rings (SSSR count). The third kappa shape index (κ3) is 3.96. The van der Waals surface area contributed by atoms with Gasteiger partial charge in [0.25, 0.3) is 0 Å². The SMILES string of the molecule is CC(C)=CC(=O)NCC(c1ccco1)N1CCCC1. The Bertz CT molecular complexity index is 427. The van der Waals surface area contributed by atoms with Crippen molar-refractivity contribution < 1.29 is 9.21 Å². The Morgan fingerprint density at radius 1 is 1.47 bits per heavy atom. The van der Waals surface area contributed by atoms with Gasteiger partial charge in [0.15, 0.2) is 0 Å². The second-order valence-corrected chi connectivity index (χ2v) is 5.24. The van der Waals surface area contributed by atoms with Gasteiger partial charge in [-0.2, -0.15) is 0 Å². The molecule has 4 heteroatoms. The van der Waals surface area contributed by atoms with E-state index in [0.717, 1.165) is 24.4 Å². The molecule has 1 aromatic heterocycles. The highest BCUT2D eigenvalue weighted by atomic mass is 16.3. The number of allylic oxidation sites excluding steroid dienone is 1. The van der Waals surface area contributed by atoms with E-state index in [1.165, 1.54) is 12.8 Å². The molecule has 19 heavy (non-hydrogen) atoms. The average Bonchev–Trinajstić information content (AvgIpc) is 3.00. The number of carbonyl (C=O) groups excluding carboxylic acids is 1. The molecule has 1 N–H and O–H groups in total. The van der Waals surface area contributed by atoms with Gasteiger partial charge in [-0.05, 0) is 51.9 Å². The first-order chi connectivity index (χ1) is 9.16. The maximum absolute atomic E-state index is 11.7. The largest absolute Gasteiger partial charge is 0.468 e. The van der Waals surface area contributed by atoms with Crippen molar-refractivity contribution in [1.29, 1.82) is 0 Å². The van der Waals surface area contributed by atoms with Crippen LogP contribution < -0.4 is 5.32 Å². The van der Waals surface area contributed by atoms with E-state index in [2.05, 4.69) is 10.2 Å². The third-order valence-electron chi connectivity index (χ3n) is 3.34. The second kappa shape index (κ2) is 6.57. The summed E-state index contributed by atoms with van der Waals surface area (Å²) in [5, 5.41) is 2.96. The average molecular weight is 262 g/mol. The monoisotopic (exact) mass is 262 g/mol. The number of likely N-dealkylation sites (tertiary alicyclic amines) is 1. The fourth-order valence-corrected chi connectivity index (χ4v) is 2.45. The Kier molecular flexibility index (Phi) is 4.80. The van der Waals surface area contributed by atoms with Crippen LogP contribution in [0, 0.1) is 0 Å². The summed E-state index contributed by atoms with van der Waals surface area (Å²) < 4.78 is 5.51. The zero-order valence-electron chi connectivity index (χ0n) is 11.7. The van der Waals surface area contributed by atoms with Crippen LogP contribution in [0.5, 0.6) is 0 Å². The molecule has 0 saturated carbocycles. The van der Waals surface area contributed by atoms with Gasteiger partial charge in [0.2, 0.25) is 5.91 Å². The predicted molar refractivity (Wildman–Crippen MR) is 74.7 cm³/mol. The number of hydrogen-bond acceptors (Lipinski definition) is 3. The van der Waals surface area contributed by atoms with Crippen molar-refractivity contribution in [3.05, 3.63) is 35.8 Å². The van der Waals surface area contributed by atoms with Crippen molar-refractivity contribution in [2.75, 3.05) is 19.6 Å². The highest BCUT2D eigenvalue weighted by Crippen LogP contribution is 2.24. The predicted octanol–water partition coefficient (Wildman–Crippen LogP) is 2.50. The lowest BCUT2D eigenvalue weighted by Gasteiger charge is -2.25. The maximum atomic E-state index is 11.7. The topological polar surface area (TPSA) is 45.5 Å². The number of hydrogen-bond donors (Lipinski definition) is 1. The summed E-state index contributed by atoms with van der Waals surface area (Å²) in [6.07, 6.45) is 5.76. The number of carbonyl (C=O) groups is 1. The van der Waals surface area contributed by atoms with Crippen molar-refractivity contribution >= 4 is 5.91 Å². The fourth-order valence-electron chi connectivity index (χ4n) is 2.45. The zero-order valence-corrected chi connectivity index (χ0v) is 11.7. The van der Waals surface area contributed by atoms with Crippen LogP contribution in [0.25, 0.3) is 0 Å². The van der Waals surface area contributed by atoms with Gasteiger partial charge in [0, 0.05) is 12.6 Å². The van der Waals surface area contributed by atoms with Gasteiger partial charge in [-0.1, -0.05) is 5.57 Å². The van der Waals surface area contributed by atoms with Crippen LogP contribution in [-0.2, 0) is 4.79 Å². The van der Waals surface area contributed by atoms with E-state index in [9.17, 15) is 4.79 Å². The lowest BCUT2D eigenvalue weighted by molar-refractivity contribution is -0.116. The summed E-state index contributed by atoms with van der Waals surface area (Å²) in [6.45, 7) is 6.58. The Morgan fingerprint density at radius 3 is 2.79 bits per heavy atom. The van der Waals surface area contributed by atoms with E-state index in [1.807, 2.05) is 26.0 Å². The zero-order chi connectivity index (χ0) is 13.7. The molecule has 0 aromatic carbocycles. The number of furan rings is 1. The Morgan fingerprint density at radius 2 is 2.21 bits per heavy atom. The lowest BCUT2D eigenvalue weighted by atomic mass is 10.2. The van der Waals surface area contributed by atoms with E-state index in [-0.39, 0.29) is 11.9 Å². The number of nitrogens with one attached hydrogen (secondary N) is 1. The van der Waals surface area contributed by atoms with E-state index < -0.39 is 0 Å². The Labute approximate surface area is 114 Å². The van der Waals surface area contributed by atoms with Crippen molar-refractivity contribution in [1.82, 2.24) is 10.2 Å². The first kappa shape index (κ1) is 13.9. The summed E-state index contributed by atoms with van der Waals surface area (Å²) in [6, 6.07) is 4.03. The minimum absolute atomic E-state index is 0.0317. The number of nitrogens with zero attached hydrogens (tertiary/aromatic N) is 1. The second-order valence-electron chi connectivity index (χ2n) is 5.24. The van der Waals surface area contributed by atoms with Crippen LogP contribution in [0.2, 0.25) is 0 Å². The smallest absolute Gasteiger partial charge is 0.243 e. The van der Waals surface area contributed by atoms with Crippen molar-refractivity contribution in [3.8, 4) is 0 Å². The summed E-state index contributed by atoms with van der Waals surface area (Å²) in [4.78, 5) is 14.1. The third-order valence-corrected chi connectivity index (χ3v) is 3.34. The molecule has 0 bridgehead atoms.